The van der Waals surface area contributed by atoms with Gasteiger partial charge in [0.1, 0.15) is 0 Å². The molecule has 35 heavy (non-hydrogen) atoms. The Hall–Kier alpha value is -2.16. The Morgan fingerprint density at radius 1 is 1.03 bits per heavy atom. The van der Waals surface area contributed by atoms with E-state index in [0.717, 1.165) is 76.3 Å². The zero-order chi connectivity index (χ0) is 23.5. The summed E-state index contributed by atoms with van der Waals surface area (Å²) in [5, 5.41) is 9.79. The number of amides is 2. The van der Waals surface area contributed by atoms with Crippen LogP contribution in [0.1, 0.15) is 54.7 Å². The van der Waals surface area contributed by atoms with Gasteiger partial charge in [0.15, 0.2) is 5.13 Å². The van der Waals surface area contributed by atoms with Gasteiger partial charge in [0, 0.05) is 56.5 Å². The zero-order valence-electron chi connectivity index (χ0n) is 20.1. The predicted molar refractivity (Wildman–Crippen MR) is 141 cm³/mol. The summed E-state index contributed by atoms with van der Waals surface area (Å²) in [4.78, 5) is 36.8. The number of rotatable bonds is 7. The van der Waals surface area contributed by atoms with Crippen LogP contribution in [0, 0.1) is 5.92 Å². The van der Waals surface area contributed by atoms with Crippen molar-refractivity contribution in [1.29, 1.82) is 0 Å². The van der Waals surface area contributed by atoms with Crippen LogP contribution in [0.3, 0.4) is 0 Å². The Balaban J connectivity index is 0.00000289. The number of carboxylic acids is 1. The molecule has 1 saturated heterocycles. The van der Waals surface area contributed by atoms with E-state index in [1.165, 1.54) is 16.1 Å². The van der Waals surface area contributed by atoms with Crippen LogP contribution in [0.5, 0.6) is 0 Å². The molecule has 5 rings (SSSR count). The highest BCUT2D eigenvalue weighted by atomic mass is 35.5. The number of halogens is 1. The van der Waals surface area contributed by atoms with Crippen LogP contribution in [0.2, 0.25) is 0 Å². The third-order valence-electron chi connectivity index (χ3n) is 7.63. The summed E-state index contributed by atoms with van der Waals surface area (Å²) in [5.74, 6) is -0.226. The van der Waals surface area contributed by atoms with Crippen molar-refractivity contribution in [3.05, 3.63) is 46.5 Å². The summed E-state index contributed by atoms with van der Waals surface area (Å²) < 4.78 is 0. The normalized spacial score (nSPS) is 23.0. The number of thiazole rings is 1. The van der Waals surface area contributed by atoms with Crippen molar-refractivity contribution in [2.45, 2.75) is 64.0 Å². The van der Waals surface area contributed by atoms with Gasteiger partial charge in [-0.25, -0.2) is 9.78 Å². The maximum atomic E-state index is 13.3. The molecule has 3 heterocycles. The van der Waals surface area contributed by atoms with E-state index >= 15 is 0 Å². The van der Waals surface area contributed by atoms with Crippen molar-refractivity contribution in [2.24, 2.45) is 5.92 Å². The second kappa shape index (κ2) is 11.7. The smallest absolute Gasteiger partial charge is 0.326 e. The molecule has 0 spiro atoms. The summed E-state index contributed by atoms with van der Waals surface area (Å²) in [6.07, 6.45) is 6.95. The fraction of sp³-hybridized carbons (Fsp3) is 0.577. The molecule has 1 aromatic carbocycles. The lowest BCUT2D eigenvalue weighted by atomic mass is 9.83. The number of carbonyl (C=O) groups excluding carboxylic acids is 1. The number of anilines is 1. The molecule has 1 aliphatic carbocycles. The molecule has 0 radical (unpaired) electrons. The van der Waals surface area contributed by atoms with E-state index in [1.807, 2.05) is 9.80 Å². The fourth-order valence-corrected chi connectivity index (χ4v) is 6.77. The van der Waals surface area contributed by atoms with Gasteiger partial charge in [0.05, 0.1) is 5.69 Å². The maximum Gasteiger partial charge on any atom is 0.326 e. The van der Waals surface area contributed by atoms with Crippen LogP contribution in [-0.2, 0) is 24.2 Å². The van der Waals surface area contributed by atoms with E-state index in [1.54, 1.807) is 11.3 Å². The van der Waals surface area contributed by atoms with Gasteiger partial charge in [-0.3, -0.25) is 14.6 Å². The molecule has 1 saturated carbocycles. The maximum absolute atomic E-state index is 13.3. The average molecular weight is 519 g/mol. The lowest BCUT2D eigenvalue weighted by Gasteiger charge is -2.34. The molecule has 190 valence electrons. The zero-order valence-corrected chi connectivity index (χ0v) is 21.7. The number of benzene rings is 1. The van der Waals surface area contributed by atoms with E-state index in [-0.39, 0.29) is 30.9 Å². The summed E-state index contributed by atoms with van der Waals surface area (Å²) in [6, 6.07) is 11.0. The van der Waals surface area contributed by atoms with E-state index in [0.29, 0.717) is 12.5 Å². The van der Waals surface area contributed by atoms with E-state index < -0.39 is 5.97 Å². The molecule has 2 aliphatic heterocycles. The Kier molecular flexibility index (Phi) is 8.68. The minimum absolute atomic E-state index is 0. The predicted octanol–water partition coefficient (Wildman–Crippen LogP) is 4.83. The molecular formula is C26H35ClN4O3S. The first-order chi connectivity index (χ1) is 16.6. The minimum atomic E-state index is -0.710. The van der Waals surface area contributed by atoms with Crippen molar-refractivity contribution < 1.29 is 14.7 Å². The fourth-order valence-electron chi connectivity index (χ4n) is 5.65. The SMILES string of the molecule is Cl.O=C(O)CCC1CCC(N2CCN(c3nc4c(s3)CCN(Cc3ccccc3)CC4)C2=O)CC1. The molecule has 2 amide bonds. The van der Waals surface area contributed by atoms with Gasteiger partial charge >= 0.3 is 12.0 Å². The van der Waals surface area contributed by atoms with Crippen LogP contribution in [-0.4, -0.2) is 64.1 Å². The standard InChI is InChI=1S/C26H34N4O3S.ClH/c31-24(32)11-8-19-6-9-21(10-7-19)29-16-17-30(26(29)33)25-27-22-12-14-28(15-13-23(22)34-25)18-20-4-2-1-3-5-20;/h1-5,19,21H,6-18H2,(H,31,32);1H. The largest absolute Gasteiger partial charge is 0.481 e. The van der Waals surface area contributed by atoms with E-state index in [4.69, 9.17) is 10.1 Å². The van der Waals surface area contributed by atoms with Crippen molar-refractivity contribution in [1.82, 2.24) is 14.8 Å². The topological polar surface area (TPSA) is 77.0 Å². The highest BCUT2D eigenvalue weighted by Crippen LogP contribution is 2.35. The van der Waals surface area contributed by atoms with Gasteiger partial charge < -0.3 is 10.0 Å². The molecule has 9 heteroatoms. The van der Waals surface area contributed by atoms with Crippen LogP contribution >= 0.6 is 23.7 Å². The molecule has 0 bridgehead atoms. The number of carbonyl (C=O) groups is 2. The minimum Gasteiger partial charge on any atom is -0.481 e. The molecular weight excluding hydrogens is 484 g/mol. The van der Waals surface area contributed by atoms with Crippen LogP contribution in [0.15, 0.2) is 30.3 Å². The number of nitrogens with zero attached hydrogens (tertiary/aromatic N) is 4. The van der Waals surface area contributed by atoms with Crippen LogP contribution < -0.4 is 4.90 Å². The molecule has 7 nitrogen and oxygen atoms in total. The summed E-state index contributed by atoms with van der Waals surface area (Å²) in [6.45, 7) is 4.47. The number of hydrogen-bond donors (Lipinski definition) is 1. The quantitative estimate of drug-likeness (QED) is 0.568. The van der Waals surface area contributed by atoms with Crippen molar-refractivity contribution >= 4 is 40.9 Å². The lowest BCUT2D eigenvalue weighted by molar-refractivity contribution is -0.137. The van der Waals surface area contributed by atoms with Crippen molar-refractivity contribution in [3.8, 4) is 0 Å². The van der Waals surface area contributed by atoms with Gasteiger partial charge in [0.2, 0.25) is 0 Å². The molecule has 2 aromatic rings. The number of urea groups is 1. The molecule has 3 aliphatic rings. The molecule has 0 unspecified atom stereocenters. The highest BCUT2D eigenvalue weighted by Gasteiger charge is 2.38. The second-order valence-corrected chi connectivity index (χ2v) is 10.9. The Morgan fingerprint density at radius 3 is 2.51 bits per heavy atom. The first-order valence-electron chi connectivity index (χ1n) is 12.6. The third kappa shape index (κ3) is 6.16. The number of hydrogen-bond acceptors (Lipinski definition) is 5. The van der Waals surface area contributed by atoms with Crippen molar-refractivity contribution in [3.63, 3.8) is 0 Å². The Labute approximate surface area is 217 Å². The molecule has 0 atom stereocenters. The second-order valence-electron chi connectivity index (χ2n) is 9.86. The lowest BCUT2D eigenvalue weighted by Crippen LogP contribution is -2.41. The number of fused-ring (bicyclic) bond motifs is 1. The summed E-state index contributed by atoms with van der Waals surface area (Å²) in [5.41, 5.74) is 2.51. The van der Waals surface area contributed by atoms with Gasteiger partial charge in [-0.05, 0) is 50.0 Å². The average Bonchev–Trinajstić information content (AvgIpc) is 3.38. The highest BCUT2D eigenvalue weighted by molar-refractivity contribution is 7.16. The first-order valence-corrected chi connectivity index (χ1v) is 13.4. The van der Waals surface area contributed by atoms with E-state index in [2.05, 4.69) is 35.2 Å². The number of aliphatic carboxylic acids is 1. The number of carboxylic acid groups (broad SMARTS) is 1. The number of aromatic nitrogens is 1. The van der Waals surface area contributed by atoms with Gasteiger partial charge in [-0.2, -0.15) is 0 Å². The molecule has 1 N–H and O–H groups in total. The van der Waals surface area contributed by atoms with Crippen LogP contribution in [0.4, 0.5) is 9.93 Å². The molecule has 2 fully saturated rings. The Bertz CT molecular complexity index is 984. The summed E-state index contributed by atoms with van der Waals surface area (Å²) in [7, 11) is 0. The summed E-state index contributed by atoms with van der Waals surface area (Å²) >= 11 is 1.70. The van der Waals surface area contributed by atoms with Gasteiger partial charge in [-0.15, -0.1) is 23.7 Å². The van der Waals surface area contributed by atoms with Gasteiger partial charge in [0.25, 0.3) is 0 Å². The molecule has 1 aromatic heterocycles. The monoisotopic (exact) mass is 518 g/mol. The van der Waals surface area contributed by atoms with Crippen LogP contribution in [0.25, 0.3) is 0 Å². The van der Waals surface area contributed by atoms with Gasteiger partial charge in [-0.1, -0.05) is 30.3 Å². The Morgan fingerprint density at radius 2 is 1.77 bits per heavy atom. The van der Waals surface area contributed by atoms with Crippen molar-refractivity contribution in [2.75, 3.05) is 31.1 Å². The third-order valence-corrected chi connectivity index (χ3v) is 8.81. The van der Waals surface area contributed by atoms with E-state index in [9.17, 15) is 9.59 Å². The first kappa shape index (κ1) is 25.9.